The molecule has 2 heterocycles. The maximum atomic E-state index is 13.5. The van der Waals surface area contributed by atoms with Crippen molar-refractivity contribution in [2.75, 3.05) is 6.54 Å². The van der Waals surface area contributed by atoms with Gasteiger partial charge in [-0.2, -0.15) is 4.98 Å². The third-order valence-corrected chi connectivity index (χ3v) is 7.78. The normalized spacial score (nSPS) is 18.1. The molecule has 3 aromatic rings. The average molecular weight is 478 g/mol. The summed E-state index contributed by atoms with van der Waals surface area (Å²) in [5.41, 5.74) is 1.32. The minimum Gasteiger partial charge on any atom is -0.501 e. The van der Waals surface area contributed by atoms with Crippen LogP contribution in [-0.4, -0.2) is 32.0 Å². The highest BCUT2D eigenvalue weighted by atomic mass is 35.5. The number of halogens is 1. The zero-order valence-electron chi connectivity index (χ0n) is 19.2. The van der Waals surface area contributed by atoms with Gasteiger partial charge in [0.1, 0.15) is 5.82 Å². The minimum atomic E-state index is -0.743. The standard InChI is InChI=1S/C27H28ClN3O3/c1-18(19-7-3-2-4-8-19)30-15-16-31-22(29-25(33)24(32)23(31)26(30)34)17-27(13-5-6-14-27)20-9-11-21(28)12-10-20/h2-4,7-12,18,32H,5-6,13-17H2,1H3. The number of aromatic nitrogens is 2. The predicted octanol–water partition coefficient (Wildman–Crippen LogP) is 4.87. The fraction of sp³-hybridized carbons (Fsp3) is 0.370. The van der Waals surface area contributed by atoms with Crippen LogP contribution in [0.2, 0.25) is 5.02 Å². The summed E-state index contributed by atoms with van der Waals surface area (Å²) in [7, 11) is 0. The summed E-state index contributed by atoms with van der Waals surface area (Å²) in [6.07, 6.45) is 4.69. The van der Waals surface area contributed by atoms with E-state index in [4.69, 9.17) is 11.6 Å². The SMILES string of the molecule is CC(c1ccccc1)N1CCn2c(CC3(c4ccc(Cl)cc4)CCCC3)nc(=O)c(O)c2C1=O. The maximum Gasteiger partial charge on any atom is 0.315 e. The molecule has 2 aromatic carbocycles. The van der Waals surface area contributed by atoms with Crippen LogP contribution in [0.25, 0.3) is 0 Å². The number of aromatic hydroxyl groups is 1. The number of fused-ring (bicyclic) bond motifs is 1. The third kappa shape index (κ3) is 3.90. The van der Waals surface area contributed by atoms with E-state index in [-0.39, 0.29) is 23.1 Å². The van der Waals surface area contributed by atoms with Crippen molar-refractivity contribution in [1.82, 2.24) is 14.5 Å². The number of rotatable bonds is 5. The van der Waals surface area contributed by atoms with Crippen molar-refractivity contribution in [2.24, 2.45) is 0 Å². The number of carbonyl (C=O) groups is 1. The first-order valence-corrected chi connectivity index (χ1v) is 12.2. The minimum absolute atomic E-state index is 0.0493. The molecule has 1 aliphatic carbocycles. The number of benzene rings is 2. The lowest BCUT2D eigenvalue weighted by Crippen LogP contribution is -2.45. The molecule has 1 unspecified atom stereocenters. The first kappa shape index (κ1) is 22.7. The first-order valence-electron chi connectivity index (χ1n) is 11.8. The summed E-state index contributed by atoms with van der Waals surface area (Å²) >= 11 is 6.13. The van der Waals surface area contributed by atoms with Crippen LogP contribution in [0.3, 0.4) is 0 Å². The Morgan fingerprint density at radius 3 is 2.38 bits per heavy atom. The van der Waals surface area contributed by atoms with Crippen molar-refractivity contribution in [3.8, 4) is 5.75 Å². The molecular formula is C27H28ClN3O3. The fourth-order valence-electron chi connectivity index (χ4n) is 5.63. The molecule has 7 heteroatoms. The van der Waals surface area contributed by atoms with Crippen LogP contribution in [0.5, 0.6) is 5.75 Å². The van der Waals surface area contributed by atoms with Gasteiger partial charge in [-0.05, 0) is 43.0 Å². The summed E-state index contributed by atoms with van der Waals surface area (Å²) < 4.78 is 1.77. The monoisotopic (exact) mass is 477 g/mol. The van der Waals surface area contributed by atoms with Gasteiger partial charge in [0, 0.05) is 29.9 Å². The second-order valence-corrected chi connectivity index (χ2v) is 9.87. The molecule has 34 heavy (non-hydrogen) atoms. The lowest BCUT2D eigenvalue weighted by atomic mass is 9.76. The molecule has 1 aliphatic heterocycles. The summed E-state index contributed by atoms with van der Waals surface area (Å²) in [5.74, 6) is -0.339. The van der Waals surface area contributed by atoms with E-state index >= 15 is 0 Å². The van der Waals surface area contributed by atoms with Gasteiger partial charge >= 0.3 is 5.56 Å². The molecule has 1 amide bonds. The summed E-state index contributed by atoms with van der Waals surface area (Å²) in [5, 5.41) is 11.3. The van der Waals surface area contributed by atoms with Crippen molar-refractivity contribution in [3.05, 3.63) is 92.6 Å². The number of amides is 1. The molecule has 1 aromatic heterocycles. The van der Waals surface area contributed by atoms with Crippen LogP contribution < -0.4 is 5.56 Å². The molecule has 176 valence electrons. The lowest BCUT2D eigenvalue weighted by molar-refractivity contribution is 0.0619. The second-order valence-electron chi connectivity index (χ2n) is 9.44. The lowest BCUT2D eigenvalue weighted by Gasteiger charge is -2.37. The van der Waals surface area contributed by atoms with Gasteiger partial charge in [-0.25, -0.2) is 0 Å². The molecule has 0 bridgehead atoms. The number of carbonyl (C=O) groups excluding carboxylic acids is 1. The molecule has 0 saturated heterocycles. The number of hydrogen-bond donors (Lipinski definition) is 1. The predicted molar refractivity (Wildman–Crippen MR) is 131 cm³/mol. The molecular weight excluding hydrogens is 450 g/mol. The van der Waals surface area contributed by atoms with Gasteiger partial charge < -0.3 is 14.6 Å². The van der Waals surface area contributed by atoms with Crippen LogP contribution in [0.15, 0.2) is 59.4 Å². The van der Waals surface area contributed by atoms with Crippen LogP contribution >= 0.6 is 11.6 Å². The molecule has 1 saturated carbocycles. The van der Waals surface area contributed by atoms with Crippen LogP contribution in [0.4, 0.5) is 0 Å². The van der Waals surface area contributed by atoms with Crippen molar-refractivity contribution in [3.63, 3.8) is 0 Å². The average Bonchev–Trinajstić information content (AvgIpc) is 3.32. The summed E-state index contributed by atoms with van der Waals surface area (Å²) in [6, 6.07) is 17.5. The molecule has 0 radical (unpaired) electrons. The van der Waals surface area contributed by atoms with Crippen LogP contribution in [0, 0.1) is 0 Å². The Kier molecular flexibility index (Phi) is 5.94. The molecule has 0 spiro atoms. The van der Waals surface area contributed by atoms with Gasteiger partial charge in [-0.1, -0.05) is 66.9 Å². The van der Waals surface area contributed by atoms with Crippen LogP contribution in [0.1, 0.15) is 66.1 Å². The summed E-state index contributed by atoms with van der Waals surface area (Å²) in [4.78, 5) is 32.2. The van der Waals surface area contributed by atoms with Gasteiger partial charge in [0.25, 0.3) is 5.91 Å². The Labute approximate surface area is 203 Å². The molecule has 6 nitrogen and oxygen atoms in total. The highest BCUT2D eigenvalue weighted by Crippen LogP contribution is 2.44. The Morgan fingerprint density at radius 2 is 1.71 bits per heavy atom. The largest absolute Gasteiger partial charge is 0.501 e. The van der Waals surface area contributed by atoms with Gasteiger partial charge in [0.15, 0.2) is 5.69 Å². The first-order chi connectivity index (χ1) is 16.4. The van der Waals surface area contributed by atoms with E-state index in [1.165, 1.54) is 5.56 Å². The third-order valence-electron chi connectivity index (χ3n) is 7.53. The van der Waals surface area contributed by atoms with Crippen molar-refractivity contribution < 1.29 is 9.90 Å². The van der Waals surface area contributed by atoms with Gasteiger partial charge in [0.2, 0.25) is 5.75 Å². The zero-order valence-corrected chi connectivity index (χ0v) is 20.0. The van der Waals surface area contributed by atoms with E-state index in [1.54, 1.807) is 9.47 Å². The van der Waals surface area contributed by atoms with Crippen molar-refractivity contribution >= 4 is 17.5 Å². The van der Waals surface area contributed by atoms with E-state index < -0.39 is 11.3 Å². The van der Waals surface area contributed by atoms with Crippen LogP contribution in [-0.2, 0) is 18.4 Å². The Morgan fingerprint density at radius 1 is 1.03 bits per heavy atom. The maximum absolute atomic E-state index is 13.5. The van der Waals surface area contributed by atoms with Gasteiger partial charge in [0.05, 0.1) is 6.04 Å². The van der Waals surface area contributed by atoms with Crippen molar-refractivity contribution in [1.29, 1.82) is 0 Å². The molecule has 2 aliphatic rings. The van der Waals surface area contributed by atoms with E-state index in [2.05, 4.69) is 17.1 Å². The zero-order chi connectivity index (χ0) is 23.9. The van der Waals surface area contributed by atoms with Crippen molar-refractivity contribution in [2.45, 2.75) is 57.0 Å². The van der Waals surface area contributed by atoms with Gasteiger partial charge in [-0.3, -0.25) is 9.59 Å². The molecule has 1 atom stereocenters. The summed E-state index contributed by atoms with van der Waals surface area (Å²) in [6.45, 7) is 2.92. The Bertz CT molecular complexity index is 1260. The molecule has 5 rings (SSSR count). The van der Waals surface area contributed by atoms with E-state index in [1.807, 2.05) is 49.4 Å². The number of hydrogen-bond acceptors (Lipinski definition) is 4. The van der Waals surface area contributed by atoms with E-state index in [0.29, 0.717) is 30.4 Å². The second kappa shape index (κ2) is 8.91. The quantitative estimate of drug-likeness (QED) is 0.568. The Hall–Kier alpha value is -3.12. The van der Waals surface area contributed by atoms with E-state index in [0.717, 1.165) is 31.2 Å². The molecule has 1 fully saturated rings. The highest BCUT2D eigenvalue weighted by Gasteiger charge is 2.39. The fourth-order valence-corrected chi connectivity index (χ4v) is 5.76. The highest BCUT2D eigenvalue weighted by molar-refractivity contribution is 6.30. The smallest absolute Gasteiger partial charge is 0.315 e. The van der Waals surface area contributed by atoms with Gasteiger partial charge in [-0.15, -0.1) is 0 Å². The molecule has 1 N–H and O–H groups in total. The van der Waals surface area contributed by atoms with E-state index in [9.17, 15) is 14.7 Å². The Balaban J connectivity index is 1.54. The topological polar surface area (TPSA) is 75.4 Å². The number of nitrogens with zero attached hydrogens (tertiary/aromatic N) is 3.